The maximum atomic E-state index is 5.80. The summed E-state index contributed by atoms with van der Waals surface area (Å²) in [4.78, 5) is 6.96. The Kier molecular flexibility index (Phi) is 5.05. The van der Waals surface area contributed by atoms with Crippen LogP contribution in [0, 0.1) is 6.92 Å². The Bertz CT molecular complexity index is 748. The van der Waals surface area contributed by atoms with E-state index in [1.807, 2.05) is 6.20 Å². The molecule has 3 rings (SSSR count). The van der Waals surface area contributed by atoms with Gasteiger partial charge in [-0.3, -0.25) is 4.90 Å². The lowest BCUT2D eigenvalue weighted by Crippen LogP contribution is -2.31. The maximum Gasteiger partial charge on any atom is 0.139 e. The molecule has 0 amide bonds. The molecule has 4 nitrogen and oxygen atoms in total. The molecule has 0 aliphatic rings. The third-order valence-electron chi connectivity index (χ3n) is 4.20. The molecule has 0 aliphatic carbocycles. The number of imidazole rings is 1. The van der Waals surface area contributed by atoms with Gasteiger partial charge in [-0.25, -0.2) is 4.98 Å². The fourth-order valence-corrected chi connectivity index (χ4v) is 2.93. The van der Waals surface area contributed by atoms with Gasteiger partial charge in [0.2, 0.25) is 0 Å². The largest absolute Gasteiger partial charge is 0.329 e. The van der Waals surface area contributed by atoms with Gasteiger partial charge in [0.1, 0.15) is 5.65 Å². The van der Waals surface area contributed by atoms with E-state index in [1.165, 1.54) is 16.8 Å². The number of hydrogen-bond donors (Lipinski definition) is 1. The van der Waals surface area contributed by atoms with E-state index in [0.717, 1.165) is 31.7 Å². The van der Waals surface area contributed by atoms with Crippen LogP contribution in [0.3, 0.4) is 0 Å². The zero-order valence-corrected chi connectivity index (χ0v) is 13.7. The van der Waals surface area contributed by atoms with Crippen LogP contribution in [0.15, 0.2) is 54.9 Å². The summed E-state index contributed by atoms with van der Waals surface area (Å²) in [5, 5.41) is 0. The second-order valence-electron chi connectivity index (χ2n) is 5.93. The molecule has 4 heteroatoms. The van der Waals surface area contributed by atoms with Crippen LogP contribution in [0.2, 0.25) is 0 Å². The standard InChI is InChI=1S/C19H24N4/c1-16-6-5-11-23-18(14-21-19(16)23)15-22(13-10-20)12-9-17-7-3-2-4-8-17/h2-8,11,14H,9-10,12-13,15,20H2,1H3. The SMILES string of the molecule is Cc1cccn2c(CN(CCN)CCc3ccccc3)cnc12. The number of nitrogens with two attached hydrogens (primary N) is 1. The Balaban J connectivity index is 1.72. The number of aromatic nitrogens is 2. The number of aryl methyl sites for hydroxylation is 1. The Morgan fingerprint density at radius 2 is 1.91 bits per heavy atom. The number of pyridine rings is 1. The summed E-state index contributed by atoms with van der Waals surface area (Å²) < 4.78 is 2.18. The molecule has 2 N–H and O–H groups in total. The molecule has 0 unspecified atom stereocenters. The fourth-order valence-electron chi connectivity index (χ4n) is 2.93. The van der Waals surface area contributed by atoms with Crippen LogP contribution in [0.25, 0.3) is 5.65 Å². The van der Waals surface area contributed by atoms with Crippen LogP contribution in [-0.4, -0.2) is 33.9 Å². The summed E-state index contributed by atoms with van der Waals surface area (Å²) >= 11 is 0. The van der Waals surface area contributed by atoms with E-state index in [9.17, 15) is 0 Å². The molecule has 2 aromatic heterocycles. The first kappa shape index (κ1) is 15.7. The zero-order chi connectivity index (χ0) is 16.1. The molecule has 0 atom stereocenters. The highest BCUT2D eigenvalue weighted by Gasteiger charge is 2.10. The lowest BCUT2D eigenvalue weighted by atomic mass is 10.1. The highest BCUT2D eigenvalue weighted by atomic mass is 15.2. The lowest BCUT2D eigenvalue weighted by Gasteiger charge is -2.21. The highest BCUT2D eigenvalue weighted by Crippen LogP contribution is 2.13. The Hall–Kier alpha value is -2.17. The van der Waals surface area contributed by atoms with Gasteiger partial charge in [0, 0.05) is 32.4 Å². The molecule has 0 aliphatic heterocycles. The van der Waals surface area contributed by atoms with Gasteiger partial charge in [0.05, 0.1) is 11.9 Å². The molecule has 0 saturated carbocycles. The first-order chi connectivity index (χ1) is 11.3. The minimum absolute atomic E-state index is 0.671. The molecular formula is C19H24N4. The Morgan fingerprint density at radius 3 is 2.70 bits per heavy atom. The van der Waals surface area contributed by atoms with Gasteiger partial charge >= 0.3 is 0 Å². The normalized spacial score (nSPS) is 11.4. The minimum atomic E-state index is 0.671. The Morgan fingerprint density at radius 1 is 1.09 bits per heavy atom. The average molecular weight is 308 g/mol. The fraction of sp³-hybridized carbons (Fsp3) is 0.316. The molecule has 1 aromatic carbocycles. The molecule has 0 fully saturated rings. The van der Waals surface area contributed by atoms with Crippen LogP contribution < -0.4 is 5.73 Å². The van der Waals surface area contributed by atoms with Crippen molar-refractivity contribution in [2.24, 2.45) is 5.73 Å². The zero-order valence-electron chi connectivity index (χ0n) is 13.7. The quantitative estimate of drug-likeness (QED) is 0.730. The smallest absolute Gasteiger partial charge is 0.139 e. The molecule has 23 heavy (non-hydrogen) atoms. The van der Waals surface area contributed by atoms with Crippen LogP contribution in [0.4, 0.5) is 0 Å². The van der Waals surface area contributed by atoms with Crippen molar-refractivity contribution in [3.8, 4) is 0 Å². The van der Waals surface area contributed by atoms with Crippen molar-refractivity contribution in [3.63, 3.8) is 0 Å². The number of hydrogen-bond acceptors (Lipinski definition) is 3. The molecule has 120 valence electrons. The van der Waals surface area contributed by atoms with E-state index in [4.69, 9.17) is 5.73 Å². The van der Waals surface area contributed by atoms with E-state index >= 15 is 0 Å². The van der Waals surface area contributed by atoms with Gasteiger partial charge in [0.15, 0.2) is 0 Å². The van der Waals surface area contributed by atoms with Crippen LogP contribution >= 0.6 is 0 Å². The predicted molar refractivity (Wildman–Crippen MR) is 94.4 cm³/mol. The molecule has 0 saturated heterocycles. The monoisotopic (exact) mass is 308 g/mol. The molecular weight excluding hydrogens is 284 g/mol. The van der Waals surface area contributed by atoms with Crippen molar-refractivity contribution in [2.75, 3.05) is 19.6 Å². The van der Waals surface area contributed by atoms with Gasteiger partial charge < -0.3 is 10.1 Å². The maximum absolute atomic E-state index is 5.80. The summed E-state index contributed by atoms with van der Waals surface area (Å²) in [6, 6.07) is 14.8. The number of fused-ring (bicyclic) bond motifs is 1. The first-order valence-corrected chi connectivity index (χ1v) is 8.16. The van der Waals surface area contributed by atoms with Gasteiger partial charge in [-0.1, -0.05) is 36.4 Å². The molecule has 0 spiro atoms. The molecule has 0 bridgehead atoms. The predicted octanol–water partition coefficient (Wildman–Crippen LogP) is 2.65. The summed E-state index contributed by atoms with van der Waals surface area (Å²) in [6.07, 6.45) is 5.10. The highest BCUT2D eigenvalue weighted by molar-refractivity contribution is 5.48. The topological polar surface area (TPSA) is 46.6 Å². The van der Waals surface area contributed by atoms with E-state index < -0.39 is 0 Å². The number of benzene rings is 1. The number of nitrogens with zero attached hydrogens (tertiary/aromatic N) is 3. The van der Waals surface area contributed by atoms with Crippen molar-refractivity contribution in [3.05, 3.63) is 71.7 Å². The first-order valence-electron chi connectivity index (χ1n) is 8.16. The van der Waals surface area contributed by atoms with Crippen molar-refractivity contribution in [1.82, 2.24) is 14.3 Å². The minimum Gasteiger partial charge on any atom is -0.329 e. The second-order valence-corrected chi connectivity index (χ2v) is 5.93. The van der Waals surface area contributed by atoms with Gasteiger partial charge in [-0.15, -0.1) is 0 Å². The second kappa shape index (κ2) is 7.40. The van der Waals surface area contributed by atoms with E-state index in [2.05, 4.69) is 69.9 Å². The van der Waals surface area contributed by atoms with Crippen molar-refractivity contribution < 1.29 is 0 Å². The molecule has 3 aromatic rings. The molecule has 0 radical (unpaired) electrons. The van der Waals surface area contributed by atoms with Crippen molar-refractivity contribution >= 4 is 5.65 Å². The van der Waals surface area contributed by atoms with E-state index in [1.54, 1.807) is 0 Å². The third kappa shape index (κ3) is 3.78. The van der Waals surface area contributed by atoms with Crippen LogP contribution in [-0.2, 0) is 13.0 Å². The van der Waals surface area contributed by atoms with Crippen LogP contribution in [0.5, 0.6) is 0 Å². The summed E-state index contributed by atoms with van der Waals surface area (Å²) in [7, 11) is 0. The molecule has 2 heterocycles. The van der Waals surface area contributed by atoms with Crippen molar-refractivity contribution in [1.29, 1.82) is 0 Å². The average Bonchev–Trinajstić information content (AvgIpc) is 2.98. The third-order valence-corrected chi connectivity index (χ3v) is 4.20. The number of rotatable bonds is 7. The van der Waals surface area contributed by atoms with Crippen LogP contribution in [0.1, 0.15) is 16.8 Å². The lowest BCUT2D eigenvalue weighted by molar-refractivity contribution is 0.272. The van der Waals surface area contributed by atoms with E-state index in [0.29, 0.717) is 6.54 Å². The summed E-state index contributed by atoms with van der Waals surface area (Å²) in [5.41, 5.74) is 10.6. The van der Waals surface area contributed by atoms with Gasteiger partial charge in [0.25, 0.3) is 0 Å². The van der Waals surface area contributed by atoms with Gasteiger partial charge in [-0.2, -0.15) is 0 Å². The summed E-state index contributed by atoms with van der Waals surface area (Å²) in [5.74, 6) is 0. The Labute approximate surface area is 137 Å². The summed E-state index contributed by atoms with van der Waals surface area (Å²) in [6.45, 7) is 5.53. The van der Waals surface area contributed by atoms with Crippen molar-refractivity contribution in [2.45, 2.75) is 19.9 Å². The van der Waals surface area contributed by atoms with Gasteiger partial charge in [-0.05, 0) is 30.5 Å². The van der Waals surface area contributed by atoms with E-state index in [-0.39, 0.29) is 0 Å².